The van der Waals surface area contributed by atoms with E-state index in [2.05, 4.69) is 27.8 Å². The second-order valence-corrected chi connectivity index (χ2v) is 4.76. The zero-order chi connectivity index (χ0) is 11.6. The molecule has 1 aliphatic rings. The molecule has 0 aromatic carbocycles. The fourth-order valence-corrected chi connectivity index (χ4v) is 1.96. The van der Waals surface area contributed by atoms with Gasteiger partial charge in [-0.05, 0) is 13.3 Å². The summed E-state index contributed by atoms with van der Waals surface area (Å²) in [7, 11) is 0. The fourth-order valence-electron chi connectivity index (χ4n) is 1.69. The van der Waals surface area contributed by atoms with Gasteiger partial charge >= 0.3 is 0 Å². The molecular formula is C10H15BrN2O2. The Morgan fingerprint density at radius 2 is 2.20 bits per heavy atom. The number of hydrogen-bond donors (Lipinski definition) is 1. The minimum Gasteiger partial charge on any atom is -0.343 e. The van der Waals surface area contributed by atoms with E-state index in [1.54, 1.807) is 11.8 Å². The highest BCUT2D eigenvalue weighted by Crippen LogP contribution is 2.16. The summed E-state index contributed by atoms with van der Waals surface area (Å²) in [6.07, 6.45) is 0.616. The lowest BCUT2D eigenvalue weighted by atomic mass is 10.1. The second kappa shape index (κ2) is 4.79. The molecule has 0 saturated carbocycles. The zero-order valence-corrected chi connectivity index (χ0v) is 10.5. The lowest BCUT2D eigenvalue weighted by Gasteiger charge is -2.37. The summed E-state index contributed by atoms with van der Waals surface area (Å²) < 4.78 is 0.705. The molecule has 0 spiro atoms. The van der Waals surface area contributed by atoms with Crippen molar-refractivity contribution in [3.05, 3.63) is 11.1 Å². The zero-order valence-electron chi connectivity index (χ0n) is 8.92. The summed E-state index contributed by atoms with van der Waals surface area (Å²) in [6.45, 7) is 7.65. The van der Waals surface area contributed by atoms with Gasteiger partial charge in [0.1, 0.15) is 12.1 Å². The summed E-state index contributed by atoms with van der Waals surface area (Å²) in [6, 6.07) is -0.810. The van der Waals surface area contributed by atoms with Crippen molar-refractivity contribution in [1.29, 1.82) is 0 Å². The minimum atomic E-state index is -0.438. The number of piperazine rings is 1. The number of hydrogen-bond acceptors (Lipinski definition) is 2. The first-order valence-corrected chi connectivity index (χ1v) is 5.70. The van der Waals surface area contributed by atoms with Gasteiger partial charge in [-0.25, -0.2) is 0 Å². The van der Waals surface area contributed by atoms with Crippen LogP contribution in [0.1, 0.15) is 20.3 Å². The summed E-state index contributed by atoms with van der Waals surface area (Å²) in [4.78, 5) is 25.0. The van der Waals surface area contributed by atoms with E-state index in [1.807, 2.05) is 6.92 Å². The van der Waals surface area contributed by atoms with Crippen molar-refractivity contribution < 1.29 is 9.59 Å². The van der Waals surface area contributed by atoms with E-state index in [0.29, 0.717) is 17.4 Å². The van der Waals surface area contributed by atoms with Crippen LogP contribution in [0, 0.1) is 0 Å². The topological polar surface area (TPSA) is 49.4 Å². The lowest BCUT2D eigenvalue weighted by molar-refractivity contribution is -0.148. The van der Waals surface area contributed by atoms with Crippen molar-refractivity contribution in [3.8, 4) is 0 Å². The maximum atomic E-state index is 11.8. The molecule has 84 valence electrons. The van der Waals surface area contributed by atoms with Crippen molar-refractivity contribution in [2.45, 2.75) is 32.4 Å². The van der Waals surface area contributed by atoms with Gasteiger partial charge in [0.2, 0.25) is 11.8 Å². The molecule has 0 aliphatic carbocycles. The fraction of sp³-hybridized carbons (Fsp3) is 0.600. The van der Waals surface area contributed by atoms with E-state index in [0.717, 1.165) is 0 Å². The van der Waals surface area contributed by atoms with Gasteiger partial charge in [0, 0.05) is 4.48 Å². The molecule has 5 heteroatoms. The lowest BCUT2D eigenvalue weighted by Crippen LogP contribution is -2.62. The van der Waals surface area contributed by atoms with Crippen LogP contribution in [0.4, 0.5) is 0 Å². The van der Waals surface area contributed by atoms with E-state index in [4.69, 9.17) is 0 Å². The van der Waals surface area contributed by atoms with Crippen LogP contribution in [0.3, 0.4) is 0 Å². The Morgan fingerprint density at radius 3 is 2.67 bits per heavy atom. The maximum absolute atomic E-state index is 11.8. The Hall–Kier alpha value is -0.840. The molecule has 0 radical (unpaired) electrons. The number of halogens is 1. The Balaban J connectivity index is 2.88. The van der Waals surface area contributed by atoms with Crippen molar-refractivity contribution in [1.82, 2.24) is 10.2 Å². The molecule has 1 heterocycles. The Bertz CT molecular complexity index is 304. The molecule has 4 nitrogen and oxygen atoms in total. The van der Waals surface area contributed by atoms with E-state index in [1.165, 1.54) is 0 Å². The standard InChI is InChI=1S/C10H15BrN2O2/c1-4-8-9(14)12-7(3)10(15)13(8)5-6(2)11/h7-8H,2,4-5H2,1,3H3,(H,12,14). The van der Waals surface area contributed by atoms with Gasteiger partial charge in [0.05, 0.1) is 6.54 Å². The van der Waals surface area contributed by atoms with Gasteiger partial charge < -0.3 is 10.2 Å². The Kier molecular flexibility index (Phi) is 3.90. The third-order valence-corrected chi connectivity index (χ3v) is 2.67. The average molecular weight is 275 g/mol. The third-order valence-electron chi connectivity index (χ3n) is 2.42. The van der Waals surface area contributed by atoms with Gasteiger partial charge in [-0.15, -0.1) is 0 Å². The van der Waals surface area contributed by atoms with Gasteiger partial charge in [-0.1, -0.05) is 29.4 Å². The first-order valence-electron chi connectivity index (χ1n) is 4.91. The van der Waals surface area contributed by atoms with Gasteiger partial charge in [0.25, 0.3) is 0 Å². The van der Waals surface area contributed by atoms with Gasteiger partial charge in [0.15, 0.2) is 0 Å². The average Bonchev–Trinajstić information content (AvgIpc) is 2.13. The molecule has 2 atom stereocenters. The molecule has 1 rings (SSSR count). The number of amides is 2. The van der Waals surface area contributed by atoms with Crippen molar-refractivity contribution >= 4 is 27.7 Å². The summed E-state index contributed by atoms with van der Waals surface area (Å²) in [5.74, 6) is -0.139. The minimum absolute atomic E-state index is 0.0537. The molecule has 0 aromatic heterocycles. The van der Waals surface area contributed by atoms with E-state index >= 15 is 0 Å². The molecule has 1 N–H and O–H groups in total. The molecule has 0 bridgehead atoms. The van der Waals surface area contributed by atoms with E-state index in [9.17, 15) is 9.59 Å². The van der Waals surface area contributed by atoms with E-state index < -0.39 is 6.04 Å². The number of carbonyl (C=O) groups excluding carboxylic acids is 2. The highest BCUT2D eigenvalue weighted by Gasteiger charge is 2.37. The van der Waals surface area contributed by atoms with Crippen molar-refractivity contribution in [3.63, 3.8) is 0 Å². The SMILES string of the molecule is C=C(Br)CN1C(=O)C(C)NC(=O)C1CC. The second-order valence-electron chi connectivity index (χ2n) is 3.64. The number of rotatable bonds is 3. The Morgan fingerprint density at radius 1 is 1.60 bits per heavy atom. The summed E-state index contributed by atoms with van der Waals surface area (Å²) in [5.41, 5.74) is 0. The highest BCUT2D eigenvalue weighted by atomic mass is 79.9. The molecule has 1 aliphatic heterocycles. The predicted molar refractivity (Wildman–Crippen MR) is 61.5 cm³/mol. The number of nitrogens with one attached hydrogen (secondary N) is 1. The van der Waals surface area contributed by atoms with Crippen LogP contribution in [0.2, 0.25) is 0 Å². The molecular weight excluding hydrogens is 260 g/mol. The normalized spacial score (nSPS) is 26.5. The number of carbonyl (C=O) groups is 2. The molecule has 0 aromatic rings. The number of nitrogens with zero attached hydrogens (tertiary/aromatic N) is 1. The van der Waals surface area contributed by atoms with Gasteiger partial charge in [-0.3, -0.25) is 9.59 Å². The smallest absolute Gasteiger partial charge is 0.245 e. The molecule has 2 unspecified atom stereocenters. The van der Waals surface area contributed by atoms with Crippen LogP contribution in [-0.2, 0) is 9.59 Å². The Labute approximate surface area is 97.8 Å². The van der Waals surface area contributed by atoms with Crippen LogP contribution in [0.15, 0.2) is 11.1 Å². The van der Waals surface area contributed by atoms with Crippen molar-refractivity contribution in [2.75, 3.05) is 6.54 Å². The van der Waals surface area contributed by atoms with Crippen LogP contribution < -0.4 is 5.32 Å². The molecule has 1 fully saturated rings. The van der Waals surface area contributed by atoms with Crippen LogP contribution >= 0.6 is 15.9 Å². The summed E-state index contributed by atoms with van der Waals surface area (Å²) in [5, 5.41) is 2.66. The van der Waals surface area contributed by atoms with Crippen LogP contribution in [0.5, 0.6) is 0 Å². The first-order chi connectivity index (χ1) is 6.97. The third kappa shape index (κ3) is 2.59. The molecule has 1 saturated heterocycles. The predicted octanol–water partition coefficient (Wildman–Crippen LogP) is 1.02. The molecule has 15 heavy (non-hydrogen) atoms. The van der Waals surface area contributed by atoms with Crippen LogP contribution in [0.25, 0.3) is 0 Å². The quantitative estimate of drug-likeness (QED) is 0.836. The summed E-state index contributed by atoms with van der Waals surface area (Å²) >= 11 is 3.21. The first kappa shape index (κ1) is 12.2. The van der Waals surface area contributed by atoms with Crippen molar-refractivity contribution in [2.24, 2.45) is 0 Å². The van der Waals surface area contributed by atoms with E-state index in [-0.39, 0.29) is 17.9 Å². The van der Waals surface area contributed by atoms with Gasteiger partial charge in [-0.2, -0.15) is 0 Å². The largest absolute Gasteiger partial charge is 0.343 e. The monoisotopic (exact) mass is 274 g/mol. The van der Waals surface area contributed by atoms with Crippen LogP contribution in [-0.4, -0.2) is 35.3 Å². The molecule has 2 amide bonds. The highest BCUT2D eigenvalue weighted by molar-refractivity contribution is 9.11. The maximum Gasteiger partial charge on any atom is 0.245 e.